The summed E-state index contributed by atoms with van der Waals surface area (Å²) in [6.45, 7) is 2.52. The van der Waals surface area contributed by atoms with Gasteiger partial charge in [0.15, 0.2) is 5.78 Å². The lowest BCUT2D eigenvalue weighted by Gasteiger charge is -2.14. The van der Waals surface area contributed by atoms with Gasteiger partial charge in [-0.1, -0.05) is 81.5 Å². The summed E-state index contributed by atoms with van der Waals surface area (Å²) in [6, 6.07) is 14.9. The molecule has 1 N–H and O–H groups in total. The topological polar surface area (TPSA) is 63.6 Å². The van der Waals surface area contributed by atoms with Crippen LogP contribution in [0.25, 0.3) is 0 Å². The van der Waals surface area contributed by atoms with Gasteiger partial charge < -0.3 is 9.84 Å². The first-order valence-electron chi connectivity index (χ1n) is 10.2. The monoisotopic (exact) mass is 382 g/mol. The lowest BCUT2D eigenvalue weighted by atomic mass is 9.96. The number of rotatable bonds is 13. The molecular formula is C24H30O4. The summed E-state index contributed by atoms with van der Waals surface area (Å²) >= 11 is 0. The van der Waals surface area contributed by atoms with Crippen LogP contribution < -0.4 is 4.74 Å². The molecule has 0 amide bonds. The Morgan fingerprint density at radius 2 is 1.61 bits per heavy atom. The first kappa shape index (κ1) is 21.7. The van der Waals surface area contributed by atoms with Crippen LogP contribution in [0, 0.1) is 0 Å². The third-order valence-corrected chi connectivity index (χ3v) is 4.73. The van der Waals surface area contributed by atoms with E-state index in [9.17, 15) is 14.7 Å². The minimum absolute atomic E-state index is 0.0320. The molecule has 0 heterocycles. The van der Waals surface area contributed by atoms with Gasteiger partial charge in [-0.05, 0) is 23.6 Å². The maximum Gasteiger partial charge on any atom is 0.307 e. The van der Waals surface area contributed by atoms with Crippen molar-refractivity contribution < 1.29 is 19.4 Å². The summed E-state index contributed by atoms with van der Waals surface area (Å²) in [7, 11) is 0. The summed E-state index contributed by atoms with van der Waals surface area (Å²) in [5, 5.41) is 9.22. The molecule has 0 saturated heterocycles. The Kier molecular flexibility index (Phi) is 9.26. The van der Waals surface area contributed by atoms with E-state index in [0.29, 0.717) is 29.9 Å². The van der Waals surface area contributed by atoms with E-state index >= 15 is 0 Å². The molecule has 0 spiro atoms. The summed E-state index contributed by atoms with van der Waals surface area (Å²) in [5.41, 5.74) is 1.95. The van der Waals surface area contributed by atoms with Gasteiger partial charge in [-0.25, -0.2) is 0 Å². The highest BCUT2D eigenvalue weighted by Crippen LogP contribution is 2.27. The number of aliphatic carboxylic acids is 1. The molecule has 0 bridgehead atoms. The molecule has 2 rings (SSSR count). The van der Waals surface area contributed by atoms with Gasteiger partial charge in [0, 0.05) is 6.42 Å². The van der Waals surface area contributed by atoms with Crippen LogP contribution in [0.15, 0.2) is 48.5 Å². The van der Waals surface area contributed by atoms with E-state index in [1.807, 2.05) is 30.3 Å². The smallest absolute Gasteiger partial charge is 0.307 e. The van der Waals surface area contributed by atoms with Crippen LogP contribution in [0.4, 0.5) is 0 Å². The van der Waals surface area contributed by atoms with Crippen molar-refractivity contribution in [2.75, 3.05) is 0 Å². The van der Waals surface area contributed by atoms with Crippen LogP contribution in [-0.2, 0) is 17.8 Å². The zero-order valence-electron chi connectivity index (χ0n) is 16.7. The van der Waals surface area contributed by atoms with Crippen molar-refractivity contribution in [1.82, 2.24) is 0 Å². The number of benzene rings is 2. The van der Waals surface area contributed by atoms with Crippen molar-refractivity contribution in [3.63, 3.8) is 0 Å². The molecule has 0 aliphatic carbocycles. The number of Topliss-reactive ketones (excluding diaryl/α,β-unsaturated/α-hetero) is 1. The maximum atomic E-state index is 12.9. The van der Waals surface area contributed by atoms with Crippen LogP contribution in [0.3, 0.4) is 0 Å². The van der Waals surface area contributed by atoms with Crippen LogP contribution in [0.5, 0.6) is 5.75 Å². The van der Waals surface area contributed by atoms with Crippen molar-refractivity contribution >= 4 is 11.8 Å². The molecule has 28 heavy (non-hydrogen) atoms. The molecule has 2 aromatic carbocycles. The van der Waals surface area contributed by atoms with Crippen LogP contribution in [0.1, 0.15) is 73.4 Å². The van der Waals surface area contributed by atoms with Gasteiger partial charge in [-0.15, -0.1) is 0 Å². The fraction of sp³-hybridized carbons (Fsp3) is 0.417. The zero-order valence-corrected chi connectivity index (χ0v) is 16.7. The lowest BCUT2D eigenvalue weighted by Crippen LogP contribution is -2.11. The number of hydrogen-bond donors (Lipinski definition) is 1. The first-order chi connectivity index (χ1) is 13.6. The second-order valence-electron chi connectivity index (χ2n) is 7.08. The van der Waals surface area contributed by atoms with Crippen molar-refractivity contribution in [2.24, 2.45) is 0 Å². The van der Waals surface area contributed by atoms with E-state index in [2.05, 4.69) is 6.92 Å². The van der Waals surface area contributed by atoms with Crippen LogP contribution >= 0.6 is 0 Å². The van der Waals surface area contributed by atoms with Crippen LogP contribution in [-0.4, -0.2) is 16.9 Å². The molecule has 0 atom stereocenters. The molecule has 0 aliphatic heterocycles. The Hall–Kier alpha value is -2.62. The van der Waals surface area contributed by atoms with E-state index in [1.165, 1.54) is 19.3 Å². The Balaban J connectivity index is 2.08. The molecule has 0 radical (unpaired) electrons. The fourth-order valence-electron chi connectivity index (χ4n) is 3.25. The molecule has 4 heteroatoms. The quantitative estimate of drug-likeness (QED) is 0.350. The molecule has 2 aromatic rings. The normalized spacial score (nSPS) is 10.6. The number of unbranched alkanes of at least 4 members (excludes halogenated alkanes) is 5. The highest BCUT2D eigenvalue weighted by molar-refractivity contribution is 6.00. The number of carbonyl (C=O) groups excluding carboxylic acids is 1. The van der Waals surface area contributed by atoms with Gasteiger partial charge in [-0.3, -0.25) is 9.59 Å². The second-order valence-corrected chi connectivity index (χ2v) is 7.08. The highest BCUT2D eigenvalue weighted by Gasteiger charge is 2.19. The summed E-state index contributed by atoms with van der Waals surface area (Å²) in [6.07, 6.45) is 6.84. The Morgan fingerprint density at radius 1 is 0.893 bits per heavy atom. The maximum absolute atomic E-state index is 12.9. The number of carboxylic acids is 1. The predicted octanol–water partition coefficient (Wildman–Crippen LogP) is 5.83. The SMILES string of the molecule is CCCCCCCCC(=O)c1c(CC(=O)O)cccc1OCc1ccccc1. The van der Waals surface area contributed by atoms with Crippen molar-refractivity contribution in [3.05, 3.63) is 65.2 Å². The van der Waals surface area contributed by atoms with Crippen molar-refractivity contribution in [1.29, 1.82) is 0 Å². The van der Waals surface area contributed by atoms with Gasteiger partial charge in [0.1, 0.15) is 12.4 Å². The molecule has 0 aliphatic rings. The summed E-state index contributed by atoms with van der Waals surface area (Å²) in [5.74, 6) is -0.511. The standard InChI is InChI=1S/C24H30O4/c1-2-3-4-5-6-10-15-21(25)24-20(17-23(26)27)14-11-16-22(24)28-18-19-12-8-7-9-13-19/h7-9,11-14,16H,2-6,10,15,17-18H2,1H3,(H,26,27). The number of carbonyl (C=O) groups is 2. The third-order valence-electron chi connectivity index (χ3n) is 4.73. The molecule has 0 unspecified atom stereocenters. The molecule has 150 valence electrons. The highest BCUT2D eigenvalue weighted by atomic mass is 16.5. The van der Waals surface area contributed by atoms with Gasteiger partial charge in [0.05, 0.1) is 12.0 Å². The van der Waals surface area contributed by atoms with Crippen LogP contribution in [0.2, 0.25) is 0 Å². The van der Waals surface area contributed by atoms with Gasteiger partial charge in [0.25, 0.3) is 0 Å². The molecule has 0 aromatic heterocycles. The predicted molar refractivity (Wildman–Crippen MR) is 111 cm³/mol. The Morgan fingerprint density at radius 3 is 2.32 bits per heavy atom. The third kappa shape index (κ3) is 7.18. The minimum atomic E-state index is -0.950. The average Bonchev–Trinajstić information content (AvgIpc) is 2.69. The largest absolute Gasteiger partial charge is 0.488 e. The molecule has 0 fully saturated rings. The Labute approximate surface area is 167 Å². The van der Waals surface area contributed by atoms with Crippen molar-refractivity contribution in [3.8, 4) is 5.75 Å². The summed E-state index contributed by atoms with van der Waals surface area (Å²) in [4.78, 5) is 24.1. The fourth-order valence-corrected chi connectivity index (χ4v) is 3.25. The molecular weight excluding hydrogens is 352 g/mol. The minimum Gasteiger partial charge on any atom is -0.488 e. The number of hydrogen-bond acceptors (Lipinski definition) is 3. The van der Waals surface area contributed by atoms with Gasteiger partial charge >= 0.3 is 5.97 Å². The Bertz CT molecular complexity index is 752. The van der Waals surface area contributed by atoms with E-state index in [0.717, 1.165) is 24.8 Å². The average molecular weight is 383 g/mol. The molecule has 4 nitrogen and oxygen atoms in total. The number of ketones is 1. The lowest BCUT2D eigenvalue weighted by molar-refractivity contribution is -0.136. The zero-order chi connectivity index (χ0) is 20.2. The van der Waals surface area contributed by atoms with E-state index in [4.69, 9.17) is 4.74 Å². The van der Waals surface area contributed by atoms with E-state index in [-0.39, 0.29) is 12.2 Å². The number of carboxylic acid groups (broad SMARTS) is 1. The van der Waals surface area contributed by atoms with E-state index < -0.39 is 5.97 Å². The summed E-state index contributed by atoms with van der Waals surface area (Å²) < 4.78 is 5.91. The van der Waals surface area contributed by atoms with Gasteiger partial charge in [-0.2, -0.15) is 0 Å². The van der Waals surface area contributed by atoms with E-state index in [1.54, 1.807) is 18.2 Å². The molecule has 0 saturated carbocycles. The number of ether oxygens (including phenoxy) is 1. The second kappa shape index (κ2) is 12.0. The first-order valence-corrected chi connectivity index (χ1v) is 10.2. The van der Waals surface area contributed by atoms with Crippen molar-refractivity contribution in [2.45, 2.75) is 64.9 Å². The van der Waals surface area contributed by atoms with Gasteiger partial charge in [0.2, 0.25) is 0 Å².